The molecule has 0 radical (unpaired) electrons. The Kier molecular flexibility index (Phi) is 5.53. The molecule has 0 saturated carbocycles. The van der Waals surface area contributed by atoms with Crippen LogP contribution in [0.2, 0.25) is 0 Å². The third-order valence-electron chi connectivity index (χ3n) is 7.29. The van der Waals surface area contributed by atoms with E-state index in [0.717, 1.165) is 17.0 Å². The van der Waals surface area contributed by atoms with E-state index >= 15 is 0 Å². The highest BCUT2D eigenvalue weighted by Gasteiger charge is 2.17. The lowest BCUT2D eigenvalue weighted by Gasteiger charge is -2.18. The van der Waals surface area contributed by atoms with Gasteiger partial charge in [-0.15, -0.1) is 0 Å². The van der Waals surface area contributed by atoms with Crippen LogP contribution < -0.4 is 0 Å². The first-order valence-corrected chi connectivity index (χ1v) is 13.0. The third-order valence-corrected chi connectivity index (χ3v) is 7.29. The summed E-state index contributed by atoms with van der Waals surface area (Å²) in [5, 5.41) is 4.90. The van der Waals surface area contributed by atoms with E-state index in [1.54, 1.807) is 0 Å². The molecule has 7 aromatic rings. The molecule has 6 aromatic carbocycles. The van der Waals surface area contributed by atoms with E-state index in [1.165, 1.54) is 49.4 Å². The van der Waals surface area contributed by atoms with Gasteiger partial charge in [0, 0.05) is 11.1 Å². The molecule has 0 aliphatic heterocycles. The van der Waals surface area contributed by atoms with Crippen molar-refractivity contribution in [1.29, 1.82) is 0 Å². The van der Waals surface area contributed by atoms with Crippen molar-refractivity contribution in [2.45, 2.75) is 0 Å². The van der Waals surface area contributed by atoms with Crippen LogP contribution in [0.3, 0.4) is 0 Å². The van der Waals surface area contributed by atoms with Gasteiger partial charge in [-0.2, -0.15) is 0 Å². The molecule has 1 heteroatoms. The molecule has 0 N–H and O–H groups in total. The lowest BCUT2D eigenvalue weighted by Crippen LogP contribution is -1.93. The lowest BCUT2D eigenvalue weighted by atomic mass is 9.87. The van der Waals surface area contributed by atoms with Crippen LogP contribution in [-0.4, -0.2) is 4.98 Å². The molecule has 0 unspecified atom stereocenters. The molecule has 0 aliphatic carbocycles. The van der Waals surface area contributed by atoms with Gasteiger partial charge in [0.05, 0.1) is 11.4 Å². The normalized spacial score (nSPS) is 11.2. The summed E-state index contributed by atoms with van der Waals surface area (Å²) in [7, 11) is 0. The van der Waals surface area contributed by atoms with E-state index in [4.69, 9.17) is 4.98 Å². The fourth-order valence-corrected chi connectivity index (χ4v) is 5.52. The fraction of sp³-hybridized carbons (Fsp3) is 0. The number of nitrogens with zero attached hydrogens (tertiary/aromatic N) is 1. The van der Waals surface area contributed by atoms with E-state index in [9.17, 15) is 0 Å². The van der Waals surface area contributed by atoms with Crippen molar-refractivity contribution < 1.29 is 0 Å². The molecule has 0 aliphatic rings. The average molecular weight is 484 g/mol. The summed E-state index contributed by atoms with van der Waals surface area (Å²) in [5.41, 5.74) is 9.21. The van der Waals surface area contributed by atoms with Crippen LogP contribution in [0.1, 0.15) is 0 Å². The van der Waals surface area contributed by atoms with Gasteiger partial charge in [0.25, 0.3) is 0 Å². The van der Waals surface area contributed by atoms with E-state index in [-0.39, 0.29) is 0 Å². The van der Waals surface area contributed by atoms with Gasteiger partial charge in [0.2, 0.25) is 0 Å². The number of aromatic nitrogens is 1. The fourth-order valence-electron chi connectivity index (χ4n) is 5.52. The van der Waals surface area contributed by atoms with E-state index in [2.05, 4.69) is 146 Å². The average Bonchev–Trinajstić information content (AvgIpc) is 3.01. The monoisotopic (exact) mass is 483 g/mol. The van der Waals surface area contributed by atoms with Gasteiger partial charge < -0.3 is 0 Å². The van der Waals surface area contributed by atoms with Gasteiger partial charge in [-0.3, -0.25) is 0 Å². The maximum atomic E-state index is 5.16. The summed E-state index contributed by atoms with van der Waals surface area (Å²) in [6.07, 6.45) is 0. The van der Waals surface area contributed by atoms with E-state index < -0.39 is 0 Å². The third kappa shape index (κ3) is 3.86. The van der Waals surface area contributed by atoms with Gasteiger partial charge in [0.15, 0.2) is 0 Å². The number of pyridine rings is 1. The van der Waals surface area contributed by atoms with E-state index in [1.807, 2.05) is 6.07 Å². The van der Waals surface area contributed by atoms with Crippen molar-refractivity contribution in [1.82, 2.24) is 4.98 Å². The Morgan fingerprint density at radius 1 is 0.263 bits per heavy atom. The minimum Gasteiger partial charge on any atom is -0.248 e. The summed E-state index contributed by atoms with van der Waals surface area (Å²) in [6.45, 7) is 0. The summed E-state index contributed by atoms with van der Waals surface area (Å²) >= 11 is 0. The molecule has 7 rings (SSSR count). The first kappa shape index (κ1) is 22.2. The molecule has 178 valence electrons. The standard InChI is InChI=1S/C37H25N/c1-3-12-26(13-4-1)27-22-24-29(25-23-27)36-30-16-7-9-18-32(30)37(33-19-10-8-17-31(33)36)35-21-11-20-34(38-35)28-14-5-2-6-15-28/h1-25H. The maximum absolute atomic E-state index is 5.16. The van der Waals surface area contributed by atoms with Crippen molar-refractivity contribution in [2.24, 2.45) is 0 Å². The molecular weight excluding hydrogens is 458 g/mol. The molecule has 1 nitrogen and oxygen atoms in total. The van der Waals surface area contributed by atoms with Crippen LogP contribution in [-0.2, 0) is 0 Å². The first-order chi connectivity index (χ1) is 18.9. The number of fused-ring (bicyclic) bond motifs is 2. The Bertz CT molecular complexity index is 1830. The summed E-state index contributed by atoms with van der Waals surface area (Å²) in [4.78, 5) is 5.16. The second-order valence-corrected chi connectivity index (χ2v) is 9.56. The molecule has 0 amide bonds. The van der Waals surface area contributed by atoms with Gasteiger partial charge in [0.1, 0.15) is 0 Å². The summed E-state index contributed by atoms with van der Waals surface area (Å²) in [6, 6.07) is 53.7. The Morgan fingerprint density at radius 2 is 0.684 bits per heavy atom. The highest BCUT2D eigenvalue weighted by Crippen LogP contribution is 2.43. The summed E-state index contributed by atoms with van der Waals surface area (Å²) < 4.78 is 0. The van der Waals surface area contributed by atoms with Crippen LogP contribution >= 0.6 is 0 Å². The minimum absolute atomic E-state index is 0.983. The number of hydrogen-bond donors (Lipinski definition) is 0. The Labute approximate surface area is 222 Å². The first-order valence-electron chi connectivity index (χ1n) is 13.0. The van der Waals surface area contributed by atoms with Crippen LogP contribution in [0.15, 0.2) is 152 Å². The topological polar surface area (TPSA) is 12.9 Å². The minimum atomic E-state index is 0.983. The number of rotatable bonds is 4. The number of hydrogen-bond acceptors (Lipinski definition) is 1. The van der Waals surface area contributed by atoms with Crippen molar-refractivity contribution in [3.8, 4) is 44.8 Å². The van der Waals surface area contributed by atoms with Gasteiger partial charge in [-0.05, 0) is 55.9 Å². The smallest absolute Gasteiger partial charge is 0.0722 e. The highest BCUT2D eigenvalue weighted by molar-refractivity contribution is 6.21. The molecular formula is C37H25N. The predicted molar refractivity (Wildman–Crippen MR) is 161 cm³/mol. The molecule has 0 fully saturated rings. The molecule has 0 spiro atoms. The van der Waals surface area contributed by atoms with Crippen molar-refractivity contribution in [3.63, 3.8) is 0 Å². The van der Waals surface area contributed by atoms with Crippen LogP contribution in [0.5, 0.6) is 0 Å². The van der Waals surface area contributed by atoms with Gasteiger partial charge in [-0.25, -0.2) is 4.98 Å². The molecule has 0 atom stereocenters. The van der Waals surface area contributed by atoms with Crippen LogP contribution in [0.4, 0.5) is 0 Å². The highest BCUT2D eigenvalue weighted by atomic mass is 14.7. The lowest BCUT2D eigenvalue weighted by molar-refractivity contribution is 1.33. The maximum Gasteiger partial charge on any atom is 0.0722 e. The summed E-state index contributed by atoms with van der Waals surface area (Å²) in [5.74, 6) is 0. The quantitative estimate of drug-likeness (QED) is 0.227. The van der Waals surface area contributed by atoms with Gasteiger partial charge in [-0.1, -0.05) is 140 Å². The molecule has 1 heterocycles. The van der Waals surface area contributed by atoms with Crippen LogP contribution in [0.25, 0.3) is 66.3 Å². The van der Waals surface area contributed by atoms with Crippen LogP contribution in [0, 0.1) is 0 Å². The Balaban J connectivity index is 1.47. The molecule has 1 aromatic heterocycles. The zero-order valence-corrected chi connectivity index (χ0v) is 20.9. The zero-order valence-electron chi connectivity index (χ0n) is 20.9. The van der Waals surface area contributed by atoms with Gasteiger partial charge >= 0.3 is 0 Å². The Morgan fingerprint density at radius 3 is 1.26 bits per heavy atom. The second-order valence-electron chi connectivity index (χ2n) is 9.56. The Hall–Kier alpha value is -5.01. The van der Waals surface area contributed by atoms with Crippen molar-refractivity contribution in [3.05, 3.63) is 152 Å². The van der Waals surface area contributed by atoms with Crippen molar-refractivity contribution >= 4 is 21.5 Å². The number of benzene rings is 6. The predicted octanol–water partition coefficient (Wildman–Crippen LogP) is 10.1. The van der Waals surface area contributed by atoms with E-state index in [0.29, 0.717) is 0 Å². The molecule has 0 bridgehead atoms. The van der Waals surface area contributed by atoms with Crippen molar-refractivity contribution in [2.75, 3.05) is 0 Å². The SMILES string of the molecule is c1ccc(-c2ccc(-c3c4ccccc4c(-c4cccc(-c5ccccc5)n4)c4ccccc34)cc2)cc1. The zero-order chi connectivity index (χ0) is 25.3. The second kappa shape index (κ2) is 9.46. The molecule has 38 heavy (non-hydrogen) atoms. The largest absolute Gasteiger partial charge is 0.248 e. The molecule has 0 saturated heterocycles.